The van der Waals surface area contributed by atoms with Crippen LogP contribution < -0.4 is 10.3 Å². The first kappa shape index (κ1) is 16.7. The number of allylic oxidation sites excluding steroid dienone is 1. The molecule has 0 unspecified atom stereocenters. The number of ether oxygens (including phenoxy) is 1. The van der Waals surface area contributed by atoms with E-state index in [2.05, 4.69) is 25.9 Å². The smallest absolute Gasteiger partial charge is 0.259 e. The Morgan fingerprint density at radius 2 is 2.16 bits per heavy atom. The highest BCUT2D eigenvalue weighted by atomic mass is 79.9. The van der Waals surface area contributed by atoms with E-state index in [1.807, 2.05) is 6.07 Å². The van der Waals surface area contributed by atoms with Crippen LogP contribution in [-0.2, 0) is 0 Å². The Hall–Kier alpha value is -3.11. The quantitative estimate of drug-likeness (QED) is 0.659. The molecule has 0 aliphatic heterocycles. The number of phenols is 1. The van der Waals surface area contributed by atoms with E-state index in [4.69, 9.17) is 4.74 Å². The van der Waals surface area contributed by atoms with Crippen molar-refractivity contribution < 1.29 is 9.84 Å². The van der Waals surface area contributed by atoms with E-state index in [0.29, 0.717) is 16.5 Å². The van der Waals surface area contributed by atoms with E-state index in [1.54, 1.807) is 36.4 Å². The molecule has 1 aromatic heterocycles. The molecule has 3 rings (SSSR count). The number of hydrogen-bond donors (Lipinski definition) is 2. The number of methoxy groups -OCH3 is 1. The van der Waals surface area contributed by atoms with Crippen LogP contribution in [-0.4, -0.2) is 22.2 Å². The lowest BCUT2D eigenvalue weighted by Crippen LogP contribution is -2.11. The van der Waals surface area contributed by atoms with Crippen molar-refractivity contribution in [3.05, 3.63) is 62.6 Å². The summed E-state index contributed by atoms with van der Waals surface area (Å²) in [6.45, 7) is 0. The minimum Gasteiger partial charge on any atom is -0.504 e. The van der Waals surface area contributed by atoms with Crippen LogP contribution in [0.15, 0.2) is 45.7 Å². The standard InChI is InChI=1S/C18H12BrN3O3/c1-25-16-7-10(2-5-15(16)23)6-11(9-20)17-21-14-4-3-12(19)8-13(14)18(24)22-17/h2-8,23H,1H3,(H,21,22,24)/b11-6+. The molecule has 0 radical (unpaired) electrons. The number of aromatic hydroxyl groups is 1. The summed E-state index contributed by atoms with van der Waals surface area (Å²) in [5, 5.41) is 19.5. The van der Waals surface area contributed by atoms with Crippen LogP contribution in [0, 0.1) is 11.3 Å². The van der Waals surface area contributed by atoms with E-state index >= 15 is 0 Å². The third-order valence-electron chi connectivity index (χ3n) is 3.56. The SMILES string of the molecule is COc1cc(/C=C(\C#N)c2nc3ccc(Br)cc3c(=O)[nH]2)ccc1O. The van der Waals surface area contributed by atoms with Crippen LogP contribution in [0.2, 0.25) is 0 Å². The number of aromatic nitrogens is 2. The van der Waals surface area contributed by atoms with Crippen molar-refractivity contribution in [1.29, 1.82) is 5.26 Å². The number of phenolic OH excluding ortho intramolecular Hbond substituents is 1. The molecule has 0 amide bonds. The van der Waals surface area contributed by atoms with Crippen LogP contribution in [0.1, 0.15) is 11.4 Å². The number of nitrogens with one attached hydrogen (secondary N) is 1. The van der Waals surface area contributed by atoms with Crippen molar-refractivity contribution in [3.8, 4) is 17.6 Å². The highest BCUT2D eigenvalue weighted by molar-refractivity contribution is 9.10. The van der Waals surface area contributed by atoms with Gasteiger partial charge >= 0.3 is 0 Å². The van der Waals surface area contributed by atoms with Gasteiger partial charge in [-0.3, -0.25) is 4.79 Å². The average molecular weight is 398 g/mol. The molecule has 0 fully saturated rings. The summed E-state index contributed by atoms with van der Waals surface area (Å²) in [7, 11) is 1.44. The van der Waals surface area contributed by atoms with Crippen molar-refractivity contribution in [2.75, 3.05) is 7.11 Å². The molecule has 0 aliphatic carbocycles. The Morgan fingerprint density at radius 1 is 1.36 bits per heavy atom. The first-order valence-electron chi connectivity index (χ1n) is 7.20. The van der Waals surface area contributed by atoms with Gasteiger partial charge in [-0.15, -0.1) is 0 Å². The van der Waals surface area contributed by atoms with E-state index < -0.39 is 0 Å². The van der Waals surface area contributed by atoms with Gasteiger partial charge in [0, 0.05) is 4.47 Å². The van der Waals surface area contributed by atoms with Gasteiger partial charge in [0.2, 0.25) is 0 Å². The zero-order valence-electron chi connectivity index (χ0n) is 13.1. The average Bonchev–Trinajstić information content (AvgIpc) is 2.61. The third kappa shape index (κ3) is 3.39. The van der Waals surface area contributed by atoms with Gasteiger partial charge in [-0.1, -0.05) is 22.0 Å². The Balaban J connectivity index is 2.13. The molecule has 3 aromatic rings. The molecule has 6 nitrogen and oxygen atoms in total. The molecule has 124 valence electrons. The fraction of sp³-hybridized carbons (Fsp3) is 0.0556. The van der Waals surface area contributed by atoms with Gasteiger partial charge in [-0.25, -0.2) is 4.98 Å². The molecular weight excluding hydrogens is 386 g/mol. The Bertz CT molecular complexity index is 1100. The minimum atomic E-state index is -0.328. The second-order valence-corrected chi connectivity index (χ2v) is 6.09. The highest BCUT2D eigenvalue weighted by Gasteiger charge is 2.10. The number of rotatable bonds is 3. The molecule has 25 heavy (non-hydrogen) atoms. The van der Waals surface area contributed by atoms with Crippen molar-refractivity contribution in [2.24, 2.45) is 0 Å². The van der Waals surface area contributed by atoms with Crippen LogP contribution in [0.3, 0.4) is 0 Å². The Labute approximate surface area is 151 Å². The number of nitriles is 1. The second-order valence-electron chi connectivity index (χ2n) is 5.18. The third-order valence-corrected chi connectivity index (χ3v) is 4.05. The lowest BCUT2D eigenvalue weighted by molar-refractivity contribution is 0.373. The molecule has 2 aromatic carbocycles. The molecule has 2 N–H and O–H groups in total. The van der Waals surface area contributed by atoms with Crippen LogP contribution in [0.25, 0.3) is 22.6 Å². The normalized spacial score (nSPS) is 11.3. The second kappa shape index (κ2) is 6.79. The maximum Gasteiger partial charge on any atom is 0.259 e. The molecule has 1 heterocycles. The summed E-state index contributed by atoms with van der Waals surface area (Å²) in [5.41, 5.74) is 0.983. The maximum atomic E-state index is 12.3. The van der Waals surface area contributed by atoms with Gasteiger partial charge in [0.25, 0.3) is 5.56 Å². The number of fused-ring (bicyclic) bond motifs is 1. The van der Waals surface area contributed by atoms with Crippen LogP contribution in [0.4, 0.5) is 0 Å². The predicted molar refractivity (Wildman–Crippen MR) is 98.2 cm³/mol. The van der Waals surface area contributed by atoms with Gasteiger partial charge in [0.1, 0.15) is 6.07 Å². The lowest BCUT2D eigenvalue weighted by atomic mass is 10.1. The fourth-order valence-electron chi connectivity index (χ4n) is 2.34. The zero-order chi connectivity index (χ0) is 18.0. The molecule has 0 aliphatic rings. The molecule has 7 heteroatoms. The van der Waals surface area contributed by atoms with Crippen molar-refractivity contribution in [3.63, 3.8) is 0 Å². The zero-order valence-corrected chi connectivity index (χ0v) is 14.7. The molecule has 0 spiro atoms. The van der Waals surface area contributed by atoms with Crippen LogP contribution in [0.5, 0.6) is 11.5 Å². The number of halogens is 1. The van der Waals surface area contributed by atoms with Gasteiger partial charge in [-0.05, 0) is 42.0 Å². The van der Waals surface area contributed by atoms with E-state index in [9.17, 15) is 15.2 Å². The first-order valence-corrected chi connectivity index (χ1v) is 8.00. The van der Waals surface area contributed by atoms with Crippen molar-refractivity contribution in [1.82, 2.24) is 9.97 Å². The number of aromatic amines is 1. The van der Waals surface area contributed by atoms with Gasteiger partial charge < -0.3 is 14.8 Å². The summed E-state index contributed by atoms with van der Waals surface area (Å²) in [6, 6.07) is 11.9. The van der Waals surface area contributed by atoms with E-state index in [-0.39, 0.29) is 28.5 Å². The Kier molecular flexibility index (Phi) is 4.55. The highest BCUT2D eigenvalue weighted by Crippen LogP contribution is 2.28. The number of benzene rings is 2. The largest absolute Gasteiger partial charge is 0.504 e. The molecule has 0 atom stereocenters. The lowest BCUT2D eigenvalue weighted by Gasteiger charge is -2.05. The molecule has 0 bridgehead atoms. The maximum absolute atomic E-state index is 12.3. The molecule has 0 saturated carbocycles. The monoisotopic (exact) mass is 397 g/mol. The van der Waals surface area contributed by atoms with E-state index in [0.717, 1.165) is 4.47 Å². The summed E-state index contributed by atoms with van der Waals surface area (Å²) in [5.74, 6) is 0.464. The van der Waals surface area contributed by atoms with Crippen molar-refractivity contribution >= 4 is 38.5 Å². The minimum absolute atomic E-state index is 0.000900. The number of hydrogen-bond acceptors (Lipinski definition) is 5. The first-order chi connectivity index (χ1) is 12.0. The van der Waals surface area contributed by atoms with E-state index in [1.165, 1.54) is 13.2 Å². The van der Waals surface area contributed by atoms with Gasteiger partial charge in [0.15, 0.2) is 17.3 Å². The molecule has 0 saturated heterocycles. The van der Waals surface area contributed by atoms with Gasteiger partial charge in [-0.2, -0.15) is 5.26 Å². The van der Waals surface area contributed by atoms with Crippen LogP contribution >= 0.6 is 15.9 Å². The van der Waals surface area contributed by atoms with Gasteiger partial charge in [0.05, 0.1) is 23.6 Å². The summed E-state index contributed by atoms with van der Waals surface area (Å²) >= 11 is 3.31. The topological polar surface area (TPSA) is 99.0 Å². The Morgan fingerprint density at radius 3 is 2.88 bits per heavy atom. The predicted octanol–water partition coefficient (Wildman–Crippen LogP) is 3.46. The summed E-state index contributed by atoms with van der Waals surface area (Å²) in [6.07, 6.45) is 1.56. The fourth-order valence-corrected chi connectivity index (χ4v) is 2.70. The number of H-pyrrole nitrogens is 1. The summed E-state index contributed by atoms with van der Waals surface area (Å²) < 4.78 is 5.83. The number of nitrogens with zero attached hydrogens (tertiary/aromatic N) is 2. The summed E-state index contributed by atoms with van der Waals surface area (Å²) in [4.78, 5) is 19.3. The molecular formula is C18H12BrN3O3. The van der Waals surface area contributed by atoms with Crippen molar-refractivity contribution in [2.45, 2.75) is 0 Å².